The molecule has 0 aliphatic carbocycles. The zero-order valence-electron chi connectivity index (χ0n) is 14.6. The molecule has 0 saturated carbocycles. The summed E-state index contributed by atoms with van der Waals surface area (Å²) in [5.41, 5.74) is 0.773. The molecule has 6 nitrogen and oxygen atoms in total. The standard InChI is InChI=1S/C18H25N5OS/c1-22-10-2-8-19-17(24)18(22)6-11-23(12-7-18)13-14-3-4-16(25-14)15-5-9-20-21-15/h3-5,9H,2,6-8,10-13H2,1H3,(H,19,24)(H,20,21). The number of likely N-dealkylation sites (N-methyl/N-ethyl adjacent to an activating group) is 1. The second kappa shape index (κ2) is 6.90. The Labute approximate surface area is 152 Å². The lowest BCUT2D eigenvalue weighted by Crippen LogP contribution is -2.60. The van der Waals surface area contributed by atoms with Crippen molar-refractivity contribution >= 4 is 17.2 Å². The molecule has 2 fully saturated rings. The van der Waals surface area contributed by atoms with E-state index in [1.165, 1.54) is 9.75 Å². The van der Waals surface area contributed by atoms with Crippen LogP contribution in [0.25, 0.3) is 10.6 Å². The lowest BCUT2D eigenvalue weighted by Gasteiger charge is -2.44. The Balaban J connectivity index is 1.40. The summed E-state index contributed by atoms with van der Waals surface area (Å²) in [5.74, 6) is 0.227. The largest absolute Gasteiger partial charge is 0.354 e. The highest BCUT2D eigenvalue weighted by atomic mass is 32.1. The van der Waals surface area contributed by atoms with Gasteiger partial charge in [-0.25, -0.2) is 0 Å². The maximum Gasteiger partial charge on any atom is 0.240 e. The van der Waals surface area contributed by atoms with Crippen molar-refractivity contribution in [1.29, 1.82) is 0 Å². The quantitative estimate of drug-likeness (QED) is 0.879. The van der Waals surface area contributed by atoms with E-state index in [0.717, 1.165) is 57.7 Å². The monoisotopic (exact) mass is 359 g/mol. The number of piperidine rings is 1. The molecule has 2 aliphatic rings. The maximum absolute atomic E-state index is 12.6. The second-order valence-corrected chi connectivity index (χ2v) is 8.24. The van der Waals surface area contributed by atoms with Crippen molar-refractivity contribution < 1.29 is 4.79 Å². The van der Waals surface area contributed by atoms with Gasteiger partial charge in [0.05, 0.1) is 10.6 Å². The SMILES string of the molecule is CN1CCCNC(=O)C12CCN(Cc1ccc(-c3ccn[nH]3)s1)CC2. The summed E-state index contributed by atoms with van der Waals surface area (Å²) < 4.78 is 0. The van der Waals surface area contributed by atoms with Crippen molar-refractivity contribution in [3.8, 4) is 10.6 Å². The average molecular weight is 359 g/mol. The number of aromatic nitrogens is 2. The van der Waals surface area contributed by atoms with E-state index in [0.29, 0.717) is 0 Å². The fraction of sp³-hybridized carbons (Fsp3) is 0.556. The zero-order valence-corrected chi connectivity index (χ0v) is 15.4. The number of thiophene rings is 1. The van der Waals surface area contributed by atoms with Crippen molar-refractivity contribution in [1.82, 2.24) is 25.3 Å². The third-order valence-corrected chi connectivity index (χ3v) is 6.70. The van der Waals surface area contributed by atoms with E-state index in [4.69, 9.17) is 0 Å². The summed E-state index contributed by atoms with van der Waals surface area (Å²) in [7, 11) is 2.11. The molecule has 1 amide bonds. The average Bonchev–Trinajstić information content (AvgIpc) is 3.28. The first-order chi connectivity index (χ1) is 12.2. The van der Waals surface area contributed by atoms with E-state index in [9.17, 15) is 4.79 Å². The number of hydrogen-bond donors (Lipinski definition) is 2. The van der Waals surface area contributed by atoms with Crippen LogP contribution in [0.4, 0.5) is 0 Å². The van der Waals surface area contributed by atoms with Gasteiger partial charge in [-0.05, 0) is 44.5 Å². The molecule has 0 atom stereocenters. The first-order valence-corrected chi connectivity index (χ1v) is 9.79. The summed E-state index contributed by atoms with van der Waals surface area (Å²) >= 11 is 1.81. The molecule has 4 heterocycles. The number of nitrogens with zero attached hydrogens (tertiary/aromatic N) is 3. The lowest BCUT2D eigenvalue weighted by molar-refractivity contribution is -0.134. The molecule has 25 heavy (non-hydrogen) atoms. The normalized spacial score (nSPS) is 22.0. The van der Waals surface area contributed by atoms with Gasteiger partial charge in [0.15, 0.2) is 0 Å². The van der Waals surface area contributed by atoms with Gasteiger partial charge in [0.1, 0.15) is 5.54 Å². The number of likely N-dealkylation sites (tertiary alicyclic amines) is 1. The van der Waals surface area contributed by atoms with Gasteiger partial charge < -0.3 is 5.32 Å². The minimum atomic E-state index is -0.302. The highest BCUT2D eigenvalue weighted by Gasteiger charge is 2.45. The zero-order chi connectivity index (χ0) is 17.3. The maximum atomic E-state index is 12.6. The Hall–Kier alpha value is -1.70. The Morgan fingerprint density at radius 3 is 2.84 bits per heavy atom. The van der Waals surface area contributed by atoms with Crippen LogP contribution < -0.4 is 5.32 Å². The van der Waals surface area contributed by atoms with Crippen LogP contribution in [0, 0.1) is 0 Å². The fourth-order valence-corrected chi connectivity index (χ4v) is 5.01. The molecule has 0 aromatic carbocycles. The van der Waals surface area contributed by atoms with Crippen LogP contribution >= 0.6 is 11.3 Å². The van der Waals surface area contributed by atoms with Gasteiger partial charge in [-0.15, -0.1) is 11.3 Å². The number of amides is 1. The first-order valence-electron chi connectivity index (χ1n) is 8.98. The molecule has 2 aromatic rings. The van der Waals surface area contributed by atoms with Gasteiger partial charge in [-0.1, -0.05) is 0 Å². The van der Waals surface area contributed by atoms with Crippen LogP contribution in [0.5, 0.6) is 0 Å². The highest BCUT2D eigenvalue weighted by Crippen LogP contribution is 2.32. The number of aromatic amines is 1. The van der Waals surface area contributed by atoms with Gasteiger partial charge in [0.2, 0.25) is 5.91 Å². The Kier molecular flexibility index (Phi) is 4.62. The lowest BCUT2D eigenvalue weighted by atomic mass is 9.85. The molecule has 4 rings (SSSR count). The van der Waals surface area contributed by atoms with Crippen LogP contribution in [0.1, 0.15) is 24.1 Å². The Bertz CT molecular complexity index is 718. The van der Waals surface area contributed by atoms with Crippen LogP contribution in [-0.4, -0.2) is 64.7 Å². The van der Waals surface area contributed by atoms with Gasteiger partial charge >= 0.3 is 0 Å². The van der Waals surface area contributed by atoms with E-state index in [-0.39, 0.29) is 11.4 Å². The van der Waals surface area contributed by atoms with Crippen LogP contribution in [0.15, 0.2) is 24.4 Å². The molecule has 0 unspecified atom stereocenters. The molecule has 2 aromatic heterocycles. The first kappa shape index (κ1) is 16.8. The van der Waals surface area contributed by atoms with Crippen molar-refractivity contribution in [2.45, 2.75) is 31.3 Å². The third kappa shape index (κ3) is 3.23. The number of carbonyl (C=O) groups excluding carboxylic acids is 1. The third-order valence-electron chi connectivity index (χ3n) is 5.60. The van der Waals surface area contributed by atoms with E-state index in [1.807, 2.05) is 17.4 Å². The fourth-order valence-electron chi connectivity index (χ4n) is 3.98. The van der Waals surface area contributed by atoms with Crippen LogP contribution in [0.3, 0.4) is 0 Å². The molecular weight excluding hydrogens is 334 g/mol. The molecule has 0 radical (unpaired) electrons. The van der Waals surface area contributed by atoms with Crippen LogP contribution in [0.2, 0.25) is 0 Å². The van der Waals surface area contributed by atoms with Gasteiger partial charge in [-0.3, -0.25) is 19.7 Å². The van der Waals surface area contributed by atoms with Gasteiger partial charge in [-0.2, -0.15) is 5.10 Å². The van der Waals surface area contributed by atoms with Crippen LogP contribution in [-0.2, 0) is 11.3 Å². The molecule has 1 spiro atoms. The van der Waals surface area contributed by atoms with Gasteiger partial charge in [0.25, 0.3) is 0 Å². The summed E-state index contributed by atoms with van der Waals surface area (Å²) in [5, 5.41) is 10.2. The van der Waals surface area contributed by atoms with Crippen molar-refractivity contribution in [3.63, 3.8) is 0 Å². The number of carbonyl (C=O) groups is 1. The molecular formula is C18H25N5OS. The topological polar surface area (TPSA) is 64.3 Å². The summed E-state index contributed by atoms with van der Waals surface area (Å²) in [6.07, 6.45) is 4.65. The van der Waals surface area contributed by atoms with E-state index in [1.54, 1.807) is 6.20 Å². The van der Waals surface area contributed by atoms with Crippen molar-refractivity contribution in [2.24, 2.45) is 0 Å². The predicted molar refractivity (Wildman–Crippen MR) is 99.4 cm³/mol. The predicted octanol–water partition coefficient (Wildman–Crippen LogP) is 1.92. The smallest absolute Gasteiger partial charge is 0.240 e. The molecule has 2 aliphatic heterocycles. The Morgan fingerprint density at radius 1 is 1.24 bits per heavy atom. The molecule has 0 bridgehead atoms. The van der Waals surface area contributed by atoms with Crippen molar-refractivity contribution in [3.05, 3.63) is 29.3 Å². The molecule has 7 heteroatoms. The highest BCUT2D eigenvalue weighted by molar-refractivity contribution is 7.15. The number of nitrogens with one attached hydrogen (secondary N) is 2. The van der Waals surface area contributed by atoms with Crippen molar-refractivity contribution in [2.75, 3.05) is 33.2 Å². The molecule has 134 valence electrons. The number of hydrogen-bond acceptors (Lipinski definition) is 5. The summed E-state index contributed by atoms with van der Waals surface area (Å²) in [6, 6.07) is 6.36. The molecule has 2 N–H and O–H groups in total. The number of rotatable bonds is 3. The minimum Gasteiger partial charge on any atom is -0.354 e. The molecule has 2 saturated heterocycles. The Morgan fingerprint density at radius 2 is 2.08 bits per heavy atom. The number of H-pyrrole nitrogens is 1. The minimum absolute atomic E-state index is 0.227. The van der Waals surface area contributed by atoms with E-state index in [2.05, 4.69) is 44.5 Å². The van der Waals surface area contributed by atoms with E-state index < -0.39 is 0 Å². The van der Waals surface area contributed by atoms with Gasteiger partial charge in [0, 0.05) is 43.8 Å². The second-order valence-electron chi connectivity index (χ2n) is 7.08. The van der Waals surface area contributed by atoms with E-state index >= 15 is 0 Å². The summed E-state index contributed by atoms with van der Waals surface area (Å²) in [6.45, 7) is 4.70. The summed E-state index contributed by atoms with van der Waals surface area (Å²) in [4.78, 5) is 20.0.